The first kappa shape index (κ1) is 26.3. The Bertz CT molecular complexity index is 1300. The number of primary amides is 1. The predicted molar refractivity (Wildman–Crippen MR) is 143 cm³/mol. The number of aromatic nitrogens is 2. The van der Waals surface area contributed by atoms with E-state index in [4.69, 9.17) is 20.3 Å². The number of carbonyl (C=O) groups excluding carboxylic acids is 2. The SMILES string of the molecule is Cc1cccc(OCC(C)C)c1-n1nc2c(c1-c1ccc(C(N)=O)cc1)CN(C(=O)OC(C)(C)C)CC2. The number of aryl methyl sites for hydroxylation is 1. The Kier molecular flexibility index (Phi) is 7.30. The van der Waals surface area contributed by atoms with E-state index in [0.29, 0.717) is 37.6 Å². The highest BCUT2D eigenvalue weighted by Gasteiger charge is 2.31. The zero-order valence-electron chi connectivity index (χ0n) is 22.5. The van der Waals surface area contributed by atoms with Crippen LogP contribution < -0.4 is 10.5 Å². The Balaban J connectivity index is 1.86. The highest BCUT2D eigenvalue weighted by Crippen LogP contribution is 2.37. The van der Waals surface area contributed by atoms with Crippen molar-refractivity contribution in [3.8, 4) is 22.7 Å². The van der Waals surface area contributed by atoms with Crippen LogP contribution in [0.5, 0.6) is 5.75 Å². The molecule has 2 heterocycles. The van der Waals surface area contributed by atoms with E-state index in [1.54, 1.807) is 17.0 Å². The number of nitrogens with two attached hydrogens (primary N) is 1. The van der Waals surface area contributed by atoms with Crippen molar-refractivity contribution in [2.45, 2.75) is 60.1 Å². The fourth-order valence-corrected chi connectivity index (χ4v) is 4.38. The van der Waals surface area contributed by atoms with E-state index in [0.717, 1.165) is 39.5 Å². The van der Waals surface area contributed by atoms with Crippen molar-refractivity contribution < 1.29 is 19.1 Å². The van der Waals surface area contributed by atoms with Gasteiger partial charge in [0, 0.05) is 29.7 Å². The molecule has 2 aromatic carbocycles. The minimum absolute atomic E-state index is 0.349. The van der Waals surface area contributed by atoms with Crippen molar-refractivity contribution in [2.24, 2.45) is 11.7 Å². The van der Waals surface area contributed by atoms with E-state index >= 15 is 0 Å². The molecule has 1 aromatic heterocycles. The molecule has 0 aliphatic carbocycles. The summed E-state index contributed by atoms with van der Waals surface area (Å²) in [6.45, 7) is 13.3. The average molecular weight is 505 g/mol. The third-order valence-electron chi connectivity index (χ3n) is 6.11. The largest absolute Gasteiger partial charge is 0.491 e. The Hall–Kier alpha value is -3.81. The van der Waals surface area contributed by atoms with Gasteiger partial charge in [0.05, 0.1) is 24.5 Å². The summed E-state index contributed by atoms with van der Waals surface area (Å²) in [5, 5.41) is 5.04. The highest BCUT2D eigenvalue weighted by molar-refractivity contribution is 5.93. The van der Waals surface area contributed by atoms with Gasteiger partial charge < -0.3 is 20.1 Å². The standard InChI is InChI=1S/C29H36N4O4/c1-18(2)17-36-24-9-7-8-19(3)25(24)33-26(20-10-12-21(13-11-20)27(30)34)22-16-32(15-14-23(22)31-33)28(35)37-29(4,5)6/h7-13,18H,14-17H2,1-6H3,(H2,30,34). The van der Waals surface area contributed by atoms with Gasteiger partial charge in [-0.2, -0.15) is 5.10 Å². The first-order chi connectivity index (χ1) is 17.4. The van der Waals surface area contributed by atoms with E-state index in [1.165, 1.54) is 0 Å². The summed E-state index contributed by atoms with van der Waals surface area (Å²) < 4.78 is 13.8. The molecule has 2 amide bonds. The topological polar surface area (TPSA) is 99.7 Å². The number of rotatable bonds is 6. The van der Waals surface area contributed by atoms with Gasteiger partial charge in [0.25, 0.3) is 0 Å². The number of hydrogen-bond donors (Lipinski definition) is 1. The molecule has 1 aliphatic rings. The maximum absolute atomic E-state index is 12.9. The van der Waals surface area contributed by atoms with Gasteiger partial charge >= 0.3 is 6.09 Å². The molecule has 0 saturated carbocycles. The van der Waals surface area contributed by atoms with Crippen LogP contribution in [0, 0.1) is 12.8 Å². The molecule has 0 saturated heterocycles. The van der Waals surface area contributed by atoms with Crippen molar-refractivity contribution in [3.63, 3.8) is 0 Å². The summed E-state index contributed by atoms with van der Waals surface area (Å²) >= 11 is 0. The quantitative estimate of drug-likeness (QED) is 0.493. The second kappa shape index (κ2) is 10.3. The van der Waals surface area contributed by atoms with Crippen molar-refractivity contribution in [3.05, 3.63) is 64.8 Å². The van der Waals surface area contributed by atoms with Gasteiger partial charge in [0.2, 0.25) is 5.91 Å². The van der Waals surface area contributed by atoms with Crippen LogP contribution >= 0.6 is 0 Å². The van der Waals surface area contributed by atoms with Gasteiger partial charge in [-0.3, -0.25) is 4.79 Å². The van der Waals surface area contributed by atoms with Gasteiger partial charge in [-0.15, -0.1) is 0 Å². The van der Waals surface area contributed by atoms with Crippen molar-refractivity contribution in [1.82, 2.24) is 14.7 Å². The first-order valence-corrected chi connectivity index (χ1v) is 12.7. The van der Waals surface area contributed by atoms with Crippen LogP contribution in [0.25, 0.3) is 16.9 Å². The maximum atomic E-state index is 12.9. The molecular weight excluding hydrogens is 468 g/mol. The lowest BCUT2D eigenvalue weighted by molar-refractivity contribution is 0.0224. The van der Waals surface area contributed by atoms with E-state index in [-0.39, 0.29) is 6.09 Å². The maximum Gasteiger partial charge on any atom is 0.410 e. The summed E-state index contributed by atoms with van der Waals surface area (Å²) in [7, 11) is 0. The monoisotopic (exact) mass is 504 g/mol. The smallest absolute Gasteiger partial charge is 0.410 e. The lowest BCUT2D eigenvalue weighted by atomic mass is 9.99. The lowest BCUT2D eigenvalue weighted by Crippen LogP contribution is -2.39. The molecule has 196 valence electrons. The molecule has 0 unspecified atom stereocenters. The molecule has 0 spiro atoms. The summed E-state index contributed by atoms with van der Waals surface area (Å²) in [4.78, 5) is 26.3. The Labute approximate surface area is 218 Å². The van der Waals surface area contributed by atoms with Crippen LogP contribution in [0.15, 0.2) is 42.5 Å². The third-order valence-corrected chi connectivity index (χ3v) is 6.11. The Morgan fingerprint density at radius 1 is 1.11 bits per heavy atom. The van der Waals surface area contributed by atoms with Crippen LogP contribution in [-0.2, 0) is 17.7 Å². The molecule has 8 nitrogen and oxygen atoms in total. The normalized spacial score (nSPS) is 13.4. The molecule has 3 aromatic rings. The second-order valence-electron chi connectivity index (χ2n) is 10.9. The summed E-state index contributed by atoms with van der Waals surface area (Å²) in [6.07, 6.45) is 0.250. The molecule has 1 aliphatic heterocycles. The van der Waals surface area contributed by atoms with E-state index in [2.05, 4.69) is 13.8 Å². The van der Waals surface area contributed by atoms with Gasteiger partial charge in [0.15, 0.2) is 0 Å². The fourth-order valence-electron chi connectivity index (χ4n) is 4.38. The predicted octanol–water partition coefficient (Wildman–Crippen LogP) is 5.27. The Morgan fingerprint density at radius 3 is 2.43 bits per heavy atom. The zero-order valence-corrected chi connectivity index (χ0v) is 22.5. The number of fused-ring (bicyclic) bond motifs is 1. The molecule has 0 fully saturated rings. The molecule has 2 N–H and O–H groups in total. The highest BCUT2D eigenvalue weighted by atomic mass is 16.6. The van der Waals surface area contributed by atoms with Gasteiger partial charge in [0.1, 0.15) is 17.0 Å². The van der Waals surface area contributed by atoms with Gasteiger partial charge in [-0.1, -0.05) is 38.1 Å². The molecule has 37 heavy (non-hydrogen) atoms. The van der Waals surface area contributed by atoms with Crippen LogP contribution in [0.4, 0.5) is 4.79 Å². The van der Waals surface area contributed by atoms with Gasteiger partial charge in [-0.05, 0) is 57.4 Å². The van der Waals surface area contributed by atoms with Crippen LogP contribution in [0.1, 0.15) is 61.8 Å². The third kappa shape index (κ3) is 5.79. The molecule has 0 bridgehead atoms. The van der Waals surface area contributed by atoms with E-state index in [9.17, 15) is 9.59 Å². The summed E-state index contributed by atoms with van der Waals surface area (Å²) in [5.74, 6) is 0.622. The zero-order chi connectivity index (χ0) is 26.9. The minimum Gasteiger partial charge on any atom is -0.491 e. The second-order valence-corrected chi connectivity index (χ2v) is 10.9. The van der Waals surface area contributed by atoms with Crippen molar-refractivity contribution in [1.29, 1.82) is 0 Å². The molecule has 0 atom stereocenters. The minimum atomic E-state index is -0.585. The van der Waals surface area contributed by atoms with Crippen LogP contribution in [-0.4, -0.2) is 45.4 Å². The number of hydrogen-bond acceptors (Lipinski definition) is 5. The van der Waals surface area contributed by atoms with E-state index < -0.39 is 11.5 Å². The van der Waals surface area contributed by atoms with Gasteiger partial charge in [-0.25, -0.2) is 9.48 Å². The number of nitrogens with zero attached hydrogens (tertiary/aromatic N) is 3. The van der Waals surface area contributed by atoms with Crippen LogP contribution in [0.2, 0.25) is 0 Å². The molecule has 8 heteroatoms. The molecular formula is C29H36N4O4. The fraction of sp³-hybridized carbons (Fsp3) is 0.414. The average Bonchev–Trinajstić information content (AvgIpc) is 3.19. The number of amides is 2. The van der Waals surface area contributed by atoms with Crippen LogP contribution in [0.3, 0.4) is 0 Å². The first-order valence-electron chi connectivity index (χ1n) is 12.7. The summed E-state index contributed by atoms with van der Waals surface area (Å²) in [6, 6.07) is 13.1. The van der Waals surface area contributed by atoms with Crippen molar-refractivity contribution >= 4 is 12.0 Å². The number of benzene rings is 2. The Morgan fingerprint density at radius 2 is 1.81 bits per heavy atom. The number of carbonyl (C=O) groups is 2. The lowest BCUT2D eigenvalue weighted by Gasteiger charge is -2.30. The molecule has 0 radical (unpaired) electrons. The van der Waals surface area contributed by atoms with Crippen molar-refractivity contribution in [2.75, 3.05) is 13.2 Å². The molecule has 4 rings (SSSR count). The van der Waals surface area contributed by atoms with E-state index in [1.807, 2.05) is 62.7 Å². The summed E-state index contributed by atoms with van der Waals surface area (Å²) in [5.41, 5.74) is 10.8. The number of para-hydroxylation sites is 1. The number of ether oxygens (including phenoxy) is 2.